The first-order chi connectivity index (χ1) is 10.7. The van der Waals surface area contributed by atoms with Crippen molar-refractivity contribution in [3.63, 3.8) is 0 Å². The molecule has 0 radical (unpaired) electrons. The number of aromatic nitrogens is 3. The summed E-state index contributed by atoms with van der Waals surface area (Å²) in [5, 5.41) is 7.08. The number of rotatable bonds is 6. The Morgan fingerprint density at radius 1 is 1.35 bits per heavy atom. The van der Waals surface area contributed by atoms with Gasteiger partial charge in [0.1, 0.15) is 0 Å². The fraction of sp³-hybridized carbons (Fsp3) is 0.462. The second-order valence-corrected chi connectivity index (χ2v) is 8.11. The van der Waals surface area contributed by atoms with E-state index < -0.39 is 10.0 Å². The Hall–Kier alpha value is -1.78. The Bertz CT molecular complexity index is 823. The number of carbonyl (C=O) groups is 1. The Morgan fingerprint density at radius 3 is 2.61 bits per heavy atom. The normalized spacial score (nSPS) is 11.7. The number of amides is 1. The van der Waals surface area contributed by atoms with E-state index in [-0.39, 0.29) is 21.8 Å². The molecule has 0 bridgehead atoms. The number of anilines is 1. The van der Waals surface area contributed by atoms with Crippen LogP contribution >= 0.6 is 11.3 Å². The molecule has 10 heteroatoms. The third-order valence-corrected chi connectivity index (χ3v) is 6.23. The van der Waals surface area contributed by atoms with Crippen molar-refractivity contribution >= 4 is 32.4 Å². The molecular weight excluding hydrogens is 338 g/mol. The van der Waals surface area contributed by atoms with Gasteiger partial charge in [-0.05, 0) is 26.3 Å². The lowest BCUT2D eigenvalue weighted by Gasteiger charge is -2.06. The minimum absolute atomic E-state index is 0.0609. The van der Waals surface area contributed by atoms with Crippen LogP contribution in [-0.4, -0.2) is 35.6 Å². The van der Waals surface area contributed by atoms with Gasteiger partial charge in [0, 0.05) is 19.2 Å². The average Bonchev–Trinajstić information content (AvgIpc) is 3.00. The van der Waals surface area contributed by atoms with Gasteiger partial charge < -0.3 is 5.32 Å². The van der Waals surface area contributed by atoms with Crippen molar-refractivity contribution in [2.75, 3.05) is 11.9 Å². The lowest BCUT2D eigenvalue weighted by atomic mass is 10.2. The molecule has 0 aromatic carbocycles. The number of thiazole rings is 1. The minimum atomic E-state index is -3.65. The quantitative estimate of drug-likeness (QED) is 0.808. The largest absolute Gasteiger partial charge is 0.302 e. The topological polar surface area (TPSA) is 106 Å². The first-order valence-electron chi connectivity index (χ1n) is 6.94. The molecular formula is C13H19N5O3S2. The van der Waals surface area contributed by atoms with Gasteiger partial charge in [-0.1, -0.05) is 11.3 Å². The molecule has 23 heavy (non-hydrogen) atoms. The third kappa shape index (κ3) is 4.15. The number of nitrogens with one attached hydrogen (secondary N) is 2. The van der Waals surface area contributed by atoms with E-state index in [1.165, 1.54) is 13.1 Å². The molecule has 0 aliphatic rings. The molecule has 0 spiro atoms. The van der Waals surface area contributed by atoms with Gasteiger partial charge in [-0.2, -0.15) is 5.10 Å². The summed E-state index contributed by atoms with van der Waals surface area (Å²) >= 11 is 0.908. The van der Waals surface area contributed by atoms with Crippen molar-refractivity contribution in [2.45, 2.75) is 38.4 Å². The molecule has 8 nitrogen and oxygen atoms in total. The summed E-state index contributed by atoms with van der Waals surface area (Å²) in [7, 11) is -3.65. The van der Waals surface area contributed by atoms with E-state index in [1.54, 1.807) is 4.68 Å². The van der Waals surface area contributed by atoms with E-state index in [2.05, 4.69) is 20.1 Å². The van der Waals surface area contributed by atoms with Crippen molar-refractivity contribution in [3.05, 3.63) is 23.1 Å². The summed E-state index contributed by atoms with van der Waals surface area (Å²) in [6, 6.07) is 0. The van der Waals surface area contributed by atoms with Gasteiger partial charge >= 0.3 is 0 Å². The van der Waals surface area contributed by atoms with E-state index in [4.69, 9.17) is 0 Å². The predicted octanol–water partition coefficient (Wildman–Crippen LogP) is 1.20. The van der Waals surface area contributed by atoms with Gasteiger partial charge in [-0.15, -0.1) is 0 Å². The summed E-state index contributed by atoms with van der Waals surface area (Å²) in [4.78, 5) is 14.8. The smallest absolute Gasteiger partial charge is 0.251 e. The van der Waals surface area contributed by atoms with Crippen LogP contribution in [0.25, 0.3) is 0 Å². The number of sulfonamides is 1. The predicted molar refractivity (Wildman–Crippen MR) is 88.0 cm³/mol. The van der Waals surface area contributed by atoms with Gasteiger partial charge in [0.05, 0.1) is 18.4 Å². The molecule has 1 amide bonds. The summed E-state index contributed by atoms with van der Waals surface area (Å²) in [5.74, 6) is -0.295. The van der Waals surface area contributed by atoms with E-state index in [0.29, 0.717) is 6.54 Å². The molecule has 0 aliphatic heterocycles. The van der Waals surface area contributed by atoms with Crippen molar-refractivity contribution in [1.82, 2.24) is 19.5 Å². The molecule has 0 atom stereocenters. The Morgan fingerprint density at radius 2 is 2.04 bits per heavy atom. The van der Waals surface area contributed by atoms with E-state index in [0.717, 1.165) is 28.3 Å². The molecule has 0 aliphatic carbocycles. The van der Waals surface area contributed by atoms with Gasteiger partial charge in [-0.25, -0.2) is 18.1 Å². The first kappa shape index (κ1) is 17.6. The highest BCUT2D eigenvalue weighted by Crippen LogP contribution is 2.22. The molecule has 2 N–H and O–H groups in total. The Kier molecular flexibility index (Phi) is 5.17. The zero-order valence-electron chi connectivity index (χ0n) is 13.4. The maximum Gasteiger partial charge on any atom is 0.251 e. The van der Waals surface area contributed by atoms with Crippen LogP contribution in [0.5, 0.6) is 0 Å². The van der Waals surface area contributed by atoms with Crippen LogP contribution in [0.1, 0.15) is 23.9 Å². The molecule has 0 saturated heterocycles. The molecule has 126 valence electrons. The molecule has 0 unspecified atom stereocenters. The van der Waals surface area contributed by atoms with Crippen LogP contribution in [0, 0.1) is 20.8 Å². The highest BCUT2D eigenvalue weighted by Gasteiger charge is 2.18. The summed E-state index contributed by atoms with van der Waals surface area (Å²) < 4.78 is 28.7. The maximum absolute atomic E-state index is 12.2. The molecule has 2 rings (SSSR count). The fourth-order valence-electron chi connectivity index (χ4n) is 1.95. The van der Waals surface area contributed by atoms with Gasteiger partial charge in [0.25, 0.3) is 10.0 Å². The highest BCUT2D eigenvalue weighted by atomic mass is 32.2. The molecule has 2 aromatic heterocycles. The first-order valence-corrected chi connectivity index (χ1v) is 9.24. The number of hydrogen-bond acceptors (Lipinski definition) is 6. The van der Waals surface area contributed by atoms with Crippen LogP contribution in [0.4, 0.5) is 5.13 Å². The molecule has 2 aromatic rings. The minimum Gasteiger partial charge on any atom is -0.302 e. The zero-order valence-corrected chi connectivity index (χ0v) is 15.0. The summed E-state index contributed by atoms with van der Waals surface area (Å²) in [5.41, 5.74) is 3.07. The van der Waals surface area contributed by atoms with Crippen LogP contribution in [0.3, 0.4) is 0 Å². The monoisotopic (exact) mass is 357 g/mol. The average molecular weight is 357 g/mol. The van der Waals surface area contributed by atoms with Crippen molar-refractivity contribution in [2.24, 2.45) is 0 Å². The van der Waals surface area contributed by atoms with Crippen molar-refractivity contribution < 1.29 is 13.2 Å². The number of hydrogen-bond donors (Lipinski definition) is 2. The van der Waals surface area contributed by atoms with Gasteiger partial charge in [0.15, 0.2) is 9.34 Å². The third-order valence-electron chi connectivity index (χ3n) is 3.39. The lowest BCUT2D eigenvalue weighted by Crippen LogP contribution is -2.27. The molecule has 0 saturated carbocycles. The Balaban J connectivity index is 2.00. The summed E-state index contributed by atoms with van der Waals surface area (Å²) in [6.07, 6.45) is 1.23. The number of aryl methyl sites for hydroxylation is 1. The Labute approximate surface area is 139 Å². The van der Waals surface area contributed by atoms with Crippen LogP contribution < -0.4 is 10.0 Å². The molecule has 2 heterocycles. The lowest BCUT2D eigenvalue weighted by molar-refractivity contribution is -0.114. The van der Waals surface area contributed by atoms with E-state index >= 15 is 0 Å². The van der Waals surface area contributed by atoms with Crippen LogP contribution in [0.2, 0.25) is 0 Å². The van der Waals surface area contributed by atoms with Gasteiger partial charge in [-0.3, -0.25) is 9.48 Å². The van der Waals surface area contributed by atoms with Crippen molar-refractivity contribution in [3.8, 4) is 0 Å². The van der Waals surface area contributed by atoms with Crippen LogP contribution in [-0.2, 0) is 21.4 Å². The second-order valence-electron chi connectivity index (χ2n) is 5.08. The van der Waals surface area contributed by atoms with E-state index in [1.807, 2.05) is 20.8 Å². The zero-order chi connectivity index (χ0) is 17.2. The SMILES string of the molecule is CC(=O)Nc1ncc(S(=O)(=O)NCCn2nc(C)c(C)c2C)s1. The highest BCUT2D eigenvalue weighted by molar-refractivity contribution is 7.91. The fourth-order valence-corrected chi connectivity index (χ4v) is 4.10. The standard InChI is InChI=1S/C13H19N5O3S2/c1-8-9(2)17-18(10(8)3)6-5-15-23(20,21)12-7-14-13(22-12)16-11(4)19/h7,15H,5-6H2,1-4H3,(H,14,16,19). The molecule has 0 fully saturated rings. The maximum atomic E-state index is 12.2. The van der Waals surface area contributed by atoms with Crippen molar-refractivity contribution in [1.29, 1.82) is 0 Å². The van der Waals surface area contributed by atoms with E-state index in [9.17, 15) is 13.2 Å². The second kappa shape index (κ2) is 6.77. The number of nitrogens with zero attached hydrogens (tertiary/aromatic N) is 3. The van der Waals surface area contributed by atoms with Gasteiger partial charge in [0.2, 0.25) is 5.91 Å². The van der Waals surface area contributed by atoms with Crippen LogP contribution in [0.15, 0.2) is 10.4 Å². The number of carbonyl (C=O) groups excluding carboxylic acids is 1. The summed E-state index contributed by atoms with van der Waals surface area (Å²) in [6.45, 7) is 7.86.